The van der Waals surface area contributed by atoms with Gasteiger partial charge in [0.05, 0.1) is 14.2 Å². The molecule has 0 radical (unpaired) electrons. The van der Waals surface area contributed by atoms with E-state index in [1.807, 2.05) is 26.1 Å². The van der Waals surface area contributed by atoms with Crippen molar-refractivity contribution >= 4 is 17.5 Å². The minimum Gasteiger partial charge on any atom is -0.479 e. The molecule has 11 heteroatoms. The third-order valence-corrected chi connectivity index (χ3v) is 5.75. The van der Waals surface area contributed by atoms with Crippen molar-refractivity contribution in [2.45, 2.75) is 40.0 Å². The highest BCUT2D eigenvalue weighted by molar-refractivity contribution is 6.04. The minimum absolute atomic E-state index is 0.00791. The summed E-state index contributed by atoms with van der Waals surface area (Å²) in [6, 6.07) is 5.98. The zero-order valence-electron chi connectivity index (χ0n) is 22.8. The van der Waals surface area contributed by atoms with E-state index < -0.39 is 5.91 Å². The van der Waals surface area contributed by atoms with E-state index in [1.165, 1.54) is 20.5 Å². The van der Waals surface area contributed by atoms with Crippen LogP contribution in [0.1, 0.15) is 49.3 Å². The van der Waals surface area contributed by atoms with Crippen LogP contribution < -0.4 is 24.8 Å². The van der Waals surface area contributed by atoms with E-state index in [0.717, 1.165) is 24.2 Å². The largest absolute Gasteiger partial charge is 0.479 e. The number of ether oxygens (including phenoxy) is 3. The Bertz CT molecular complexity index is 1200. The maximum absolute atomic E-state index is 13.0. The Morgan fingerprint density at radius 2 is 1.78 bits per heavy atom. The molecule has 0 aliphatic carbocycles. The van der Waals surface area contributed by atoms with Gasteiger partial charge in [0.25, 0.3) is 5.91 Å². The topological polar surface area (TPSA) is 124 Å². The summed E-state index contributed by atoms with van der Waals surface area (Å²) in [4.78, 5) is 28.0. The summed E-state index contributed by atoms with van der Waals surface area (Å²) in [7, 11) is 4.91. The molecule has 3 rings (SSSR count). The number of carbonyl (C=O) groups is 1. The van der Waals surface area contributed by atoms with Crippen molar-refractivity contribution in [3.63, 3.8) is 0 Å². The average molecular weight is 513 g/mol. The second kappa shape index (κ2) is 11.9. The van der Waals surface area contributed by atoms with Crippen molar-refractivity contribution in [2.75, 3.05) is 51.5 Å². The maximum Gasteiger partial charge on any atom is 0.399 e. The highest BCUT2D eigenvalue weighted by Gasteiger charge is 2.22. The van der Waals surface area contributed by atoms with Crippen molar-refractivity contribution in [2.24, 2.45) is 0 Å². The fourth-order valence-electron chi connectivity index (χ4n) is 3.28. The zero-order chi connectivity index (χ0) is 27.2. The molecule has 0 aliphatic heterocycles. The van der Waals surface area contributed by atoms with Crippen LogP contribution in [0, 0.1) is 6.92 Å². The van der Waals surface area contributed by atoms with E-state index in [9.17, 15) is 4.79 Å². The van der Waals surface area contributed by atoms with Gasteiger partial charge >= 0.3 is 6.08 Å². The summed E-state index contributed by atoms with van der Waals surface area (Å²) in [5, 5.41) is 5.83. The van der Waals surface area contributed by atoms with Crippen molar-refractivity contribution < 1.29 is 23.4 Å². The number of hydrogen-bond donors (Lipinski definition) is 2. The molecule has 1 aromatic carbocycles. The lowest BCUT2D eigenvalue weighted by atomic mass is 9.86. The SMILES string of the molecule is CCN(C)CCNc1nc(OC)c(NC(=O)c2coc(Oc3cc(C(C)(C)C)ccc3C)n2)c(OC)n1. The van der Waals surface area contributed by atoms with Gasteiger partial charge in [-0.2, -0.15) is 15.0 Å². The summed E-state index contributed by atoms with van der Waals surface area (Å²) in [5.74, 6) is 0.638. The lowest BCUT2D eigenvalue weighted by molar-refractivity contribution is 0.102. The lowest BCUT2D eigenvalue weighted by Gasteiger charge is -2.20. The third kappa shape index (κ3) is 7.10. The molecule has 11 nitrogen and oxygen atoms in total. The van der Waals surface area contributed by atoms with Gasteiger partial charge in [-0.25, -0.2) is 0 Å². The van der Waals surface area contributed by atoms with Crippen LogP contribution in [0.4, 0.5) is 11.6 Å². The molecule has 0 bridgehead atoms. The minimum atomic E-state index is -0.566. The van der Waals surface area contributed by atoms with E-state index in [2.05, 4.69) is 64.2 Å². The van der Waals surface area contributed by atoms with Crippen LogP contribution in [0.2, 0.25) is 0 Å². The molecule has 0 unspecified atom stereocenters. The van der Waals surface area contributed by atoms with Crippen LogP contribution in [0.5, 0.6) is 23.6 Å². The molecule has 3 aromatic rings. The summed E-state index contributed by atoms with van der Waals surface area (Å²) < 4.78 is 22.0. The number of rotatable bonds is 11. The van der Waals surface area contributed by atoms with E-state index in [1.54, 1.807) is 0 Å². The number of nitrogens with zero attached hydrogens (tertiary/aromatic N) is 4. The summed E-state index contributed by atoms with van der Waals surface area (Å²) in [6.07, 6.45) is 1.17. The Morgan fingerprint density at radius 3 is 2.38 bits per heavy atom. The molecule has 0 saturated carbocycles. The molecule has 2 aromatic heterocycles. The molecule has 0 aliphatic rings. The van der Waals surface area contributed by atoms with Crippen molar-refractivity contribution in [1.29, 1.82) is 0 Å². The number of nitrogens with one attached hydrogen (secondary N) is 2. The van der Waals surface area contributed by atoms with Gasteiger partial charge in [-0.1, -0.05) is 39.8 Å². The van der Waals surface area contributed by atoms with Gasteiger partial charge in [-0.3, -0.25) is 4.79 Å². The first-order valence-corrected chi connectivity index (χ1v) is 12.0. The van der Waals surface area contributed by atoms with E-state index >= 15 is 0 Å². The monoisotopic (exact) mass is 512 g/mol. The first-order valence-electron chi connectivity index (χ1n) is 12.0. The molecule has 37 heavy (non-hydrogen) atoms. The van der Waals surface area contributed by atoms with Crippen LogP contribution in [0.25, 0.3) is 0 Å². The summed E-state index contributed by atoms with van der Waals surface area (Å²) in [5.41, 5.74) is 2.15. The van der Waals surface area contributed by atoms with Crippen LogP contribution in [-0.2, 0) is 5.41 Å². The van der Waals surface area contributed by atoms with E-state index in [-0.39, 0.29) is 34.6 Å². The smallest absolute Gasteiger partial charge is 0.399 e. The molecule has 2 N–H and O–H groups in total. The van der Waals surface area contributed by atoms with Crippen LogP contribution >= 0.6 is 0 Å². The maximum atomic E-state index is 13.0. The lowest BCUT2D eigenvalue weighted by Crippen LogP contribution is -2.25. The van der Waals surface area contributed by atoms with Gasteiger partial charge < -0.3 is 34.2 Å². The fourth-order valence-corrected chi connectivity index (χ4v) is 3.28. The van der Waals surface area contributed by atoms with Gasteiger partial charge in [-0.05, 0) is 43.1 Å². The van der Waals surface area contributed by atoms with Crippen LogP contribution in [0.3, 0.4) is 0 Å². The third-order valence-electron chi connectivity index (χ3n) is 5.75. The number of benzene rings is 1. The fraction of sp³-hybridized carbons (Fsp3) is 0.462. The second-order valence-corrected chi connectivity index (χ2v) is 9.55. The Balaban J connectivity index is 1.76. The normalized spacial score (nSPS) is 11.4. The number of amides is 1. The number of aromatic nitrogens is 3. The number of aryl methyl sites for hydroxylation is 1. The number of methoxy groups -OCH3 is 2. The van der Waals surface area contributed by atoms with Gasteiger partial charge in [0, 0.05) is 13.1 Å². The number of carbonyl (C=O) groups excluding carboxylic acids is 1. The van der Waals surface area contributed by atoms with E-state index in [4.69, 9.17) is 18.6 Å². The number of hydrogen-bond acceptors (Lipinski definition) is 10. The standard InChI is InChI=1S/C26H36N6O5/c1-9-32(6)13-12-27-24-30-22(34-7)20(23(31-24)35-8)29-21(33)18-15-36-25(28-18)37-19-14-17(26(3,4)5)11-10-16(19)2/h10-11,14-15H,9,12-13H2,1-8H3,(H,29,33)(H,27,30,31). The molecular formula is C26H36N6O5. The predicted molar refractivity (Wildman–Crippen MR) is 141 cm³/mol. The highest BCUT2D eigenvalue weighted by Crippen LogP contribution is 2.34. The Labute approximate surface area is 217 Å². The van der Waals surface area contributed by atoms with Crippen LogP contribution in [-0.4, -0.2) is 66.7 Å². The Kier molecular flexibility index (Phi) is 8.93. The summed E-state index contributed by atoms with van der Waals surface area (Å²) in [6.45, 7) is 12.7. The highest BCUT2D eigenvalue weighted by atomic mass is 16.6. The molecule has 0 atom stereocenters. The second-order valence-electron chi connectivity index (χ2n) is 9.55. The van der Waals surface area contributed by atoms with Crippen molar-refractivity contribution in [3.8, 4) is 23.6 Å². The molecule has 0 saturated heterocycles. The van der Waals surface area contributed by atoms with Gasteiger partial charge in [-0.15, -0.1) is 0 Å². The van der Waals surface area contributed by atoms with Crippen LogP contribution in [0.15, 0.2) is 28.9 Å². The molecule has 200 valence electrons. The van der Waals surface area contributed by atoms with Crippen molar-refractivity contribution in [1.82, 2.24) is 19.9 Å². The average Bonchev–Trinajstić information content (AvgIpc) is 3.33. The number of likely N-dealkylation sites (N-methyl/N-ethyl adjacent to an activating group) is 1. The molecule has 0 fully saturated rings. The quantitative estimate of drug-likeness (QED) is 0.379. The molecule has 0 spiro atoms. The first kappa shape index (κ1) is 27.7. The molecule has 2 heterocycles. The van der Waals surface area contributed by atoms with Gasteiger partial charge in [0.2, 0.25) is 17.7 Å². The van der Waals surface area contributed by atoms with Crippen molar-refractivity contribution in [3.05, 3.63) is 41.3 Å². The predicted octanol–water partition coefficient (Wildman–Crippen LogP) is 4.50. The first-order chi connectivity index (χ1) is 17.5. The number of anilines is 2. The zero-order valence-corrected chi connectivity index (χ0v) is 22.8. The van der Waals surface area contributed by atoms with Gasteiger partial charge in [0.1, 0.15) is 12.0 Å². The molecule has 1 amide bonds. The number of oxazole rings is 1. The Morgan fingerprint density at radius 1 is 1.11 bits per heavy atom. The molecular weight excluding hydrogens is 476 g/mol. The van der Waals surface area contributed by atoms with Gasteiger partial charge in [0.15, 0.2) is 11.4 Å². The van der Waals surface area contributed by atoms with E-state index in [0.29, 0.717) is 18.2 Å². The Hall–Kier alpha value is -3.86. The summed E-state index contributed by atoms with van der Waals surface area (Å²) >= 11 is 0.